The van der Waals surface area contributed by atoms with Gasteiger partial charge in [0.2, 0.25) is 0 Å². The van der Waals surface area contributed by atoms with Gasteiger partial charge in [0, 0.05) is 0 Å². The summed E-state index contributed by atoms with van der Waals surface area (Å²) in [6, 6.07) is 9.24. The fourth-order valence-corrected chi connectivity index (χ4v) is 1.63. The van der Waals surface area contributed by atoms with E-state index >= 15 is 0 Å². The molecule has 0 saturated heterocycles. The van der Waals surface area contributed by atoms with Crippen LogP contribution >= 0.6 is 11.3 Å². The molecule has 1 aromatic heterocycles. The minimum absolute atomic E-state index is 0. The first-order valence-corrected chi connectivity index (χ1v) is 4.91. The third-order valence-electron chi connectivity index (χ3n) is 1.79. The molecule has 0 aliphatic heterocycles. The first kappa shape index (κ1) is 11.6. The molecule has 0 fully saturated rings. The van der Waals surface area contributed by atoms with Crippen LogP contribution in [0.3, 0.4) is 0 Å². The van der Waals surface area contributed by atoms with Crippen molar-refractivity contribution >= 4 is 11.3 Å². The molecule has 14 heavy (non-hydrogen) atoms. The van der Waals surface area contributed by atoms with Crippen molar-refractivity contribution in [3.63, 3.8) is 0 Å². The second-order valence-electron chi connectivity index (χ2n) is 2.96. The third kappa shape index (κ3) is 2.52. The first-order valence-electron chi connectivity index (χ1n) is 4.09. The van der Waals surface area contributed by atoms with Gasteiger partial charge in [-0.25, -0.2) is 11.6 Å². The first-order chi connectivity index (χ1) is 6.25. The molecule has 0 amide bonds. The predicted molar refractivity (Wildman–Crippen MR) is 54.7 cm³/mol. The Kier molecular flexibility index (Phi) is 4.03. The van der Waals surface area contributed by atoms with Crippen molar-refractivity contribution in [3.8, 4) is 11.3 Å². The van der Waals surface area contributed by atoms with E-state index in [2.05, 4.69) is 29.4 Å². The number of thiazole rings is 1. The summed E-state index contributed by atoms with van der Waals surface area (Å²) in [7, 11) is 0. The zero-order valence-electron chi connectivity index (χ0n) is 8.00. The molecule has 0 N–H and O–H groups in total. The number of nitrogens with zero attached hydrogens (tertiary/aromatic N) is 1. The van der Waals surface area contributed by atoms with Gasteiger partial charge in [0.05, 0.1) is 0 Å². The summed E-state index contributed by atoms with van der Waals surface area (Å²) in [5.74, 6) is 0. The maximum absolute atomic E-state index is 4.34. The van der Waals surface area contributed by atoms with Crippen molar-refractivity contribution in [2.24, 2.45) is 0 Å². The van der Waals surface area contributed by atoms with Crippen LogP contribution in [0.5, 0.6) is 0 Å². The molecular formula is C11H9NSW. The van der Waals surface area contributed by atoms with Gasteiger partial charge in [-0.1, -0.05) is 13.8 Å². The molecule has 0 atom stereocenters. The summed E-state index contributed by atoms with van der Waals surface area (Å²) in [6.07, 6.45) is 0. The van der Waals surface area contributed by atoms with Crippen molar-refractivity contribution in [2.75, 3.05) is 0 Å². The molecule has 0 saturated carbocycles. The summed E-state index contributed by atoms with van der Waals surface area (Å²) in [5.41, 5.74) is 3.15. The van der Waals surface area contributed by atoms with Crippen LogP contribution in [0.4, 0.5) is 0 Å². The molecule has 1 nitrogen and oxygen atoms in total. The molecule has 70 valence electrons. The second kappa shape index (κ2) is 4.86. The molecular weight excluding hydrogens is 362 g/mol. The van der Waals surface area contributed by atoms with Crippen molar-refractivity contribution in [1.29, 1.82) is 0 Å². The second-order valence-corrected chi connectivity index (χ2v) is 3.96. The van der Waals surface area contributed by atoms with Crippen LogP contribution in [-0.4, -0.2) is 4.98 Å². The van der Waals surface area contributed by atoms with Crippen molar-refractivity contribution < 1.29 is 21.1 Å². The summed E-state index contributed by atoms with van der Waals surface area (Å²) in [6.45, 7) is 4.04. The number of rotatable bonds is 1. The molecule has 0 spiro atoms. The van der Waals surface area contributed by atoms with Gasteiger partial charge in [-0.15, -0.1) is 16.6 Å². The maximum Gasteiger partial charge on any atom is 2.00 e. The molecule has 1 aromatic carbocycles. The van der Waals surface area contributed by atoms with Gasteiger partial charge in [0.1, 0.15) is 0 Å². The van der Waals surface area contributed by atoms with Crippen LogP contribution in [0.2, 0.25) is 0 Å². The topological polar surface area (TPSA) is 12.9 Å². The average Bonchev–Trinajstić information content (AvgIpc) is 2.53. The van der Waals surface area contributed by atoms with E-state index in [1.807, 2.05) is 19.1 Å². The smallest absolute Gasteiger partial charge is 0.380 e. The number of hydrogen-bond donors (Lipinski definition) is 0. The minimum Gasteiger partial charge on any atom is -0.380 e. The van der Waals surface area contributed by atoms with Crippen molar-refractivity contribution in [2.45, 2.75) is 13.8 Å². The summed E-state index contributed by atoms with van der Waals surface area (Å²) >= 11 is 1.55. The Labute approximate surface area is 102 Å². The van der Waals surface area contributed by atoms with E-state index in [1.54, 1.807) is 11.3 Å². The molecule has 3 heteroatoms. The van der Waals surface area contributed by atoms with Gasteiger partial charge in [-0.05, 0) is 5.01 Å². The Hall–Kier alpha value is -0.462. The van der Waals surface area contributed by atoms with E-state index < -0.39 is 0 Å². The Balaban J connectivity index is 0.000000980. The third-order valence-corrected chi connectivity index (χ3v) is 2.47. The summed E-state index contributed by atoms with van der Waals surface area (Å²) in [5, 5.41) is 4.19. The van der Waals surface area contributed by atoms with E-state index in [9.17, 15) is 0 Å². The SMILES string of the molecule is Cc1c[c-]c(-c2[c-]sc(C)n2)cc1.[W+2]. The molecule has 0 aliphatic rings. The van der Waals surface area contributed by atoms with E-state index in [4.69, 9.17) is 0 Å². The molecule has 2 aromatic rings. The normalized spacial score (nSPS) is 9.57. The van der Waals surface area contributed by atoms with Gasteiger partial charge in [0.25, 0.3) is 0 Å². The van der Waals surface area contributed by atoms with E-state index in [-0.39, 0.29) is 21.1 Å². The van der Waals surface area contributed by atoms with Gasteiger partial charge >= 0.3 is 21.1 Å². The molecule has 0 radical (unpaired) electrons. The number of aryl methyl sites for hydroxylation is 2. The predicted octanol–water partition coefficient (Wildman–Crippen LogP) is 3.02. The van der Waals surface area contributed by atoms with Gasteiger partial charge in [0.15, 0.2) is 0 Å². The minimum atomic E-state index is 0. The largest absolute Gasteiger partial charge is 2.00 e. The zero-order chi connectivity index (χ0) is 9.26. The quantitative estimate of drug-likeness (QED) is 0.703. The van der Waals surface area contributed by atoms with Crippen molar-refractivity contribution in [3.05, 3.63) is 40.2 Å². The average molecular weight is 371 g/mol. The Morgan fingerprint density at radius 3 is 2.57 bits per heavy atom. The van der Waals surface area contributed by atoms with Gasteiger partial charge in [-0.3, -0.25) is 11.3 Å². The number of hydrogen-bond acceptors (Lipinski definition) is 2. The van der Waals surface area contributed by atoms with Crippen LogP contribution < -0.4 is 0 Å². The number of aromatic nitrogens is 1. The molecule has 0 aliphatic carbocycles. The van der Waals surface area contributed by atoms with E-state index in [1.165, 1.54) is 5.56 Å². The molecule has 2 rings (SSSR count). The van der Waals surface area contributed by atoms with Crippen LogP contribution in [0, 0.1) is 25.3 Å². The fraction of sp³-hybridized carbons (Fsp3) is 0.182. The number of benzene rings is 1. The van der Waals surface area contributed by atoms with Crippen LogP contribution in [-0.2, 0) is 21.1 Å². The van der Waals surface area contributed by atoms with E-state index in [0.29, 0.717) is 0 Å². The molecule has 1 heterocycles. The zero-order valence-corrected chi connectivity index (χ0v) is 11.7. The Morgan fingerprint density at radius 2 is 2.07 bits per heavy atom. The summed E-state index contributed by atoms with van der Waals surface area (Å²) < 4.78 is 0. The summed E-state index contributed by atoms with van der Waals surface area (Å²) in [4.78, 5) is 4.34. The molecule has 0 unspecified atom stereocenters. The van der Waals surface area contributed by atoms with Gasteiger partial charge < -0.3 is 4.98 Å². The van der Waals surface area contributed by atoms with Crippen LogP contribution in [0.1, 0.15) is 10.6 Å². The monoisotopic (exact) mass is 371 g/mol. The van der Waals surface area contributed by atoms with E-state index in [0.717, 1.165) is 16.3 Å². The van der Waals surface area contributed by atoms with Crippen molar-refractivity contribution in [1.82, 2.24) is 4.98 Å². The standard InChI is InChI=1S/C11H9NS.W/c1-8-3-5-10(6-4-8)11-7-13-9(2)12-11;/h3-5H,1-2H3;/q-2;+2. The Bertz CT molecular complexity index is 405. The maximum atomic E-state index is 4.34. The fourth-order valence-electron chi connectivity index (χ4n) is 1.09. The van der Waals surface area contributed by atoms with Crippen LogP contribution in [0.25, 0.3) is 11.3 Å². The van der Waals surface area contributed by atoms with Gasteiger partial charge in [-0.2, -0.15) is 18.2 Å². The van der Waals surface area contributed by atoms with Crippen LogP contribution in [0.15, 0.2) is 18.2 Å². The Morgan fingerprint density at radius 1 is 1.29 bits per heavy atom. The molecule has 0 bridgehead atoms.